The molecule has 0 bridgehead atoms. The fourth-order valence-electron chi connectivity index (χ4n) is 2.69. The van der Waals surface area contributed by atoms with E-state index in [1.54, 1.807) is 16.7 Å². The van der Waals surface area contributed by atoms with Crippen molar-refractivity contribution in [2.75, 3.05) is 5.32 Å². The molecule has 0 spiro atoms. The van der Waals surface area contributed by atoms with Gasteiger partial charge in [0.2, 0.25) is 10.7 Å². The molecule has 4 rings (SSSR count). The molecule has 3 aromatic carbocycles. The lowest BCUT2D eigenvalue weighted by atomic mass is 10.2. The molecule has 0 aliphatic rings. The highest BCUT2D eigenvalue weighted by Gasteiger charge is 2.12. The van der Waals surface area contributed by atoms with E-state index in [0.717, 1.165) is 16.9 Å². The molecule has 0 saturated heterocycles. The van der Waals surface area contributed by atoms with Crippen molar-refractivity contribution >= 4 is 47.1 Å². The van der Waals surface area contributed by atoms with Crippen molar-refractivity contribution in [3.8, 4) is 17.1 Å². The molecule has 0 aliphatic heterocycles. The summed E-state index contributed by atoms with van der Waals surface area (Å²) in [4.78, 5) is 9.26. The minimum absolute atomic E-state index is 0.382. The molecule has 1 aromatic heterocycles. The summed E-state index contributed by atoms with van der Waals surface area (Å²) < 4.78 is 2.15. The van der Waals surface area contributed by atoms with Crippen LogP contribution in [0, 0.1) is 4.77 Å². The van der Waals surface area contributed by atoms with Crippen LogP contribution >= 0.6 is 35.4 Å². The van der Waals surface area contributed by atoms with Crippen LogP contribution < -0.4 is 5.32 Å². The lowest BCUT2D eigenvalue weighted by Crippen LogP contribution is -2.10. The number of benzene rings is 3. The minimum atomic E-state index is 0.382. The Balaban J connectivity index is 1.87. The lowest BCUT2D eigenvalue weighted by molar-refractivity contribution is 0.912. The predicted molar refractivity (Wildman–Crippen MR) is 117 cm³/mol. The van der Waals surface area contributed by atoms with Crippen LogP contribution in [0.4, 0.5) is 11.6 Å². The van der Waals surface area contributed by atoms with E-state index in [0.29, 0.717) is 26.6 Å². The van der Waals surface area contributed by atoms with Gasteiger partial charge in [0.15, 0.2) is 5.82 Å². The number of aromatic nitrogens is 3. The molecule has 0 atom stereocenters. The van der Waals surface area contributed by atoms with Gasteiger partial charge in [-0.15, -0.1) is 0 Å². The monoisotopic (exact) mass is 424 g/mol. The Morgan fingerprint density at radius 2 is 1.36 bits per heavy atom. The molecule has 0 fully saturated rings. The summed E-state index contributed by atoms with van der Waals surface area (Å²) >= 11 is 17.6. The van der Waals surface area contributed by atoms with Gasteiger partial charge in [0.05, 0.1) is 5.69 Å². The SMILES string of the molecule is S=c1nc(-c2ccccc2)nc(Nc2ccc(Cl)cc2)n1-c1ccc(Cl)cc1. The summed E-state index contributed by atoms with van der Waals surface area (Å²) in [5.74, 6) is 1.09. The molecule has 4 aromatic rings. The van der Waals surface area contributed by atoms with Gasteiger partial charge >= 0.3 is 0 Å². The number of rotatable bonds is 4. The van der Waals surface area contributed by atoms with Crippen LogP contribution in [0.15, 0.2) is 78.9 Å². The van der Waals surface area contributed by atoms with Gasteiger partial charge in [0.1, 0.15) is 0 Å². The summed E-state index contributed by atoms with van der Waals surface area (Å²) in [5.41, 5.74) is 2.53. The van der Waals surface area contributed by atoms with Crippen molar-refractivity contribution in [2.24, 2.45) is 0 Å². The van der Waals surface area contributed by atoms with Crippen LogP contribution in [0.1, 0.15) is 0 Å². The van der Waals surface area contributed by atoms with E-state index in [4.69, 9.17) is 40.4 Å². The lowest BCUT2D eigenvalue weighted by Gasteiger charge is -2.16. The van der Waals surface area contributed by atoms with Gasteiger partial charge in [-0.05, 0) is 60.7 Å². The second kappa shape index (κ2) is 8.10. The number of hydrogen-bond donors (Lipinski definition) is 1. The van der Waals surface area contributed by atoms with Crippen molar-refractivity contribution in [3.05, 3.63) is 93.7 Å². The zero-order chi connectivity index (χ0) is 19.5. The molecule has 1 heterocycles. The Kier molecular flexibility index (Phi) is 5.39. The predicted octanol–water partition coefficient (Wildman–Crippen LogP) is 6.71. The van der Waals surface area contributed by atoms with Crippen LogP contribution in [0.3, 0.4) is 0 Å². The van der Waals surface area contributed by atoms with Crippen LogP contribution in [0.2, 0.25) is 10.0 Å². The van der Waals surface area contributed by atoms with Crippen molar-refractivity contribution in [3.63, 3.8) is 0 Å². The summed E-state index contributed by atoms with van der Waals surface area (Å²) in [6.07, 6.45) is 0. The van der Waals surface area contributed by atoms with Crippen molar-refractivity contribution < 1.29 is 0 Å². The molecular weight excluding hydrogens is 411 g/mol. The molecule has 0 aliphatic carbocycles. The Morgan fingerprint density at radius 1 is 0.750 bits per heavy atom. The van der Waals surface area contributed by atoms with Gasteiger partial charge in [0.25, 0.3) is 0 Å². The highest BCUT2D eigenvalue weighted by Crippen LogP contribution is 2.24. The number of hydrogen-bond acceptors (Lipinski definition) is 4. The molecule has 1 N–H and O–H groups in total. The quantitative estimate of drug-likeness (QED) is 0.369. The molecule has 0 unspecified atom stereocenters. The van der Waals surface area contributed by atoms with Gasteiger partial charge in [-0.25, -0.2) is 0 Å². The largest absolute Gasteiger partial charge is 0.325 e. The summed E-state index contributed by atoms with van der Waals surface area (Å²) in [6.45, 7) is 0. The van der Waals surface area contributed by atoms with Gasteiger partial charge in [-0.3, -0.25) is 4.57 Å². The smallest absolute Gasteiger partial charge is 0.216 e. The van der Waals surface area contributed by atoms with Crippen molar-refractivity contribution in [1.82, 2.24) is 14.5 Å². The highest BCUT2D eigenvalue weighted by molar-refractivity contribution is 7.71. The van der Waals surface area contributed by atoms with E-state index >= 15 is 0 Å². The molecule has 0 saturated carbocycles. The summed E-state index contributed by atoms with van der Waals surface area (Å²) in [7, 11) is 0. The van der Waals surface area contributed by atoms with E-state index in [1.807, 2.05) is 66.7 Å². The van der Waals surface area contributed by atoms with E-state index < -0.39 is 0 Å². The second-order valence-electron chi connectivity index (χ2n) is 5.96. The Bertz CT molecular complexity index is 1160. The normalized spacial score (nSPS) is 10.6. The van der Waals surface area contributed by atoms with Crippen LogP contribution in [0.25, 0.3) is 17.1 Å². The van der Waals surface area contributed by atoms with Gasteiger partial charge in [-0.2, -0.15) is 9.97 Å². The van der Waals surface area contributed by atoms with E-state index in [2.05, 4.69) is 10.3 Å². The third-order valence-corrected chi connectivity index (χ3v) is 4.81. The van der Waals surface area contributed by atoms with Crippen LogP contribution in [0.5, 0.6) is 0 Å². The van der Waals surface area contributed by atoms with E-state index in [9.17, 15) is 0 Å². The Hall–Kier alpha value is -2.73. The molecule has 138 valence electrons. The van der Waals surface area contributed by atoms with Crippen molar-refractivity contribution in [1.29, 1.82) is 0 Å². The average molecular weight is 425 g/mol. The molecule has 4 nitrogen and oxygen atoms in total. The van der Waals surface area contributed by atoms with E-state index in [1.165, 1.54) is 0 Å². The number of nitrogens with one attached hydrogen (secondary N) is 1. The van der Waals surface area contributed by atoms with Gasteiger partial charge in [-0.1, -0.05) is 53.5 Å². The maximum absolute atomic E-state index is 6.03. The summed E-state index contributed by atoms with van der Waals surface area (Å²) in [5, 5.41) is 4.62. The number of nitrogens with zero attached hydrogens (tertiary/aromatic N) is 3. The third-order valence-electron chi connectivity index (χ3n) is 4.03. The minimum Gasteiger partial charge on any atom is -0.325 e. The maximum Gasteiger partial charge on any atom is 0.216 e. The molecule has 0 amide bonds. The van der Waals surface area contributed by atoms with Crippen LogP contribution in [-0.4, -0.2) is 14.5 Å². The second-order valence-corrected chi connectivity index (χ2v) is 7.20. The first-order chi connectivity index (χ1) is 13.6. The van der Waals surface area contributed by atoms with Gasteiger partial charge in [0, 0.05) is 21.3 Å². The van der Waals surface area contributed by atoms with E-state index in [-0.39, 0.29) is 0 Å². The average Bonchev–Trinajstić information content (AvgIpc) is 2.71. The Morgan fingerprint density at radius 3 is 2.00 bits per heavy atom. The zero-order valence-corrected chi connectivity index (χ0v) is 16.8. The molecule has 7 heteroatoms. The van der Waals surface area contributed by atoms with Gasteiger partial charge < -0.3 is 5.32 Å². The molecular formula is C21H14Cl2N4S. The number of halogens is 2. The van der Waals surface area contributed by atoms with Crippen LogP contribution in [-0.2, 0) is 0 Å². The standard InChI is InChI=1S/C21H14Cl2N4S/c22-15-6-10-17(11-7-15)24-20-25-19(14-4-2-1-3-5-14)26-21(28)27(20)18-12-8-16(23)9-13-18/h1-13H,(H,24,25,26,28). The first-order valence-corrected chi connectivity index (χ1v) is 9.61. The zero-order valence-electron chi connectivity index (χ0n) is 14.5. The molecule has 0 radical (unpaired) electrons. The first-order valence-electron chi connectivity index (χ1n) is 8.45. The number of anilines is 2. The maximum atomic E-state index is 6.03. The summed E-state index contributed by atoms with van der Waals surface area (Å²) in [6, 6.07) is 24.4. The fraction of sp³-hybridized carbons (Fsp3) is 0. The topological polar surface area (TPSA) is 42.7 Å². The third kappa shape index (κ3) is 4.07. The Labute approximate surface area is 177 Å². The molecule has 28 heavy (non-hydrogen) atoms. The fourth-order valence-corrected chi connectivity index (χ4v) is 3.22. The van der Waals surface area contributed by atoms with Crippen molar-refractivity contribution in [2.45, 2.75) is 0 Å². The first kappa shape index (κ1) is 18.6. The highest BCUT2D eigenvalue weighted by atomic mass is 35.5.